The Labute approximate surface area is 255 Å². The summed E-state index contributed by atoms with van der Waals surface area (Å²) in [6.07, 6.45) is -13.9. The van der Waals surface area contributed by atoms with Crippen molar-refractivity contribution in [2.24, 2.45) is 0 Å². The highest BCUT2D eigenvalue weighted by atomic mass is 19.4. The smallest absolute Gasteiger partial charge is 0.255 e. The fraction of sp³-hybridized carbons (Fsp3) is 1.00. The summed E-state index contributed by atoms with van der Waals surface area (Å²) < 4.78 is 155. The van der Waals surface area contributed by atoms with E-state index in [2.05, 4.69) is 4.94 Å². The van der Waals surface area contributed by atoms with E-state index in [0.29, 0.717) is 7.18 Å². The molecule has 0 aliphatic rings. The van der Waals surface area contributed by atoms with Gasteiger partial charge in [-0.1, -0.05) is 111 Å². The lowest BCUT2D eigenvalue weighted by Gasteiger charge is -1.93. The highest BCUT2D eigenvalue weighted by Gasteiger charge is 2.27. The number of rotatable bonds is 1. The molecule has 1 nitrogen and oxygen atoms in total. The van der Waals surface area contributed by atoms with Crippen LogP contribution in [0.5, 0.6) is 0 Å². The van der Waals surface area contributed by atoms with Crippen LogP contribution in [0.15, 0.2) is 0 Å². The van der Waals surface area contributed by atoms with E-state index in [-0.39, 0.29) is 125 Å². The van der Waals surface area contributed by atoms with Gasteiger partial charge in [0.05, 0.1) is 20.5 Å². The van der Waals surface area contributed by atoms with Crippen LogP contribution in [-0.4, -0.2) is 59.0 Å². The second-order valence-corrected chi connectivity index (χ2v) is 2.91. The van der Waals surface area contributed by atoms with Gasteiger partial charge in [0.15, 0.2) is 20.0 Å². The van der Waals surface area contributed by atoms with E-state index in [1.165, 1.54) is 6.92 Å². The highest BCUT2D eigenvalue weighted by Crippen LogP contribution is 2.14. The summed E-state index contributed by atoms with van der Waals surface area (Å²) in [4.78, 5) is 3.04. The molecule has 0 spiro atoms. The maximum atomic E-state index is 10.4. The molecule has 0 amide bonds. The van der Waals surface area contributed by atoms with Gasteiger partial charge in [0, 0.05) is 0 Å². The second-order valence-electron chi connectivity index (χ2n) is 2.91. The van der Waals surface area contributed by atoms with Gasteiger partial charge < -0.3 is 0 Å². The first-order valence-electron chi connectivity index (χ1n) is 6.07. The molecule has 0 atom stereocenters. The molecule has 0 saturated heterocycles. The number of hydrogen-bond acceptors (Lipinski definition) is 1. The van der Waals surface area contributed by atoms with Gasteiger partial charge in [-0.3, -0.25) is 8.78 Å². The van der Waals surface area contributed by atoms with Gasteiger partial charge in [0.25, 0.3) is 0 Å². The maximum Gasteiger partial charge on any atom is 0.416 e. The first kappa shape index (κ1) is 164. The van der Waals surface area contributed by atoms with Crippen LogP contribution in [0.25, 0.3) is 0 Å². The Hall–Kier alpha value is -1.09. The summed E-state index contributed by atoms with van der Waals surface area (Å²) >= 11 is 0. The van der Waals surface area contributed by atoms with Crippen molar-refractivity contribution in [3.8, 4) is 0 Å². The Morgan fingerprint density at radius 3 is 0.429 bits per heavy atom. The van der Waals surface area contributed by atoms with Crippen LogP contribution in [0.4, 0.5) is 66.0 Å². The highest BCUT2D eigenvalue weighted by molar-refractivity contribution is 4.40. The molecule has 0 aromatic heterocycles. The molecule has 0 aromatic rings. The van der Waals surface area contributed by atoms with Crippen LogP contribution >= 0.6 is 0 Å². The normalized spacial score (nSPS) is 6.43. The maximum absolute atomic E-state index is 10.4. The zero-order valence-electron chi connectivity index (χ0n) is 14.1. The molecule has 0 aliphatic heterocycles. The summed E-state index contributed by atoms with van der Waals surface area (Å²) in [6, 6.07) is 0. The fourth-order valence-corrected chi connectivity index (χ4v) is 0. The molecule has 0 heterocycles. The van der Waals surface area contributed by atoms with Crippen molar-refractivity contribution in [3.05, 3.63) is 0 Å². The summed E-state index contributed by atoms with van der Waals surface area (Å²) in [5, 5.41) is 0. The predicted octanol–water partition coefficient (Wildman–Crippen LogP) is 16.6. The third-order valence-corrected chi connectivity index (χ3v) is 0.564. The molecular formula is C26H79F15O. The van der Waals surface area contributed by atoms with E-state index < -0.39 is 38.6 Å². The lowest BCUT2D eigenvalue weighted by atomic mass is 10.8. The third kappa shape index (κ3) is 704. The number of halogens is 15. The Morgan fingerprint density at radius 1 is 0.381 bits per heavy atom. The van der Waals surface area contributed by atoms with Crippen molar-refractivity contribution in [1.29, 1.82) is 0 Å². The zero-order valence-corrected chi connectivity index (χ0v) is 14.1. The lowest BCUT2D eigenvalue weighted by molar-refractivity contribution is -0.142. The minimum atomic E-state index is -4.62. The summed E-state index contributed by atoms with van der Waals surface area (Å²) in [5.41, 5.74) is 0. The van der Waals surface area contributed by atoms with Crippen LogP contribution < -0.4 is 0 Å². The molecule has 0 aliphatic carbocycles. The molecule has 0 radical (unpaired) electrons. The van der Waals surface area contributed by atoms with Gasteiger partial charge in [-0.15, -0.1) is 0 Å². The van der Waals surface area contributed by atoms with Gasteiger partial charge in [-0.2, -0.15) is 44.5 Å². The minimum absolute atomic E-state index is 0. The average molecular weight is 693 g/mol. The molecule has 0 fully saturated rings. The van der Waals surface area contributed by atoms with Crippen LogP contribution in [0.1, 0.15) is 125 Å². The van der Waals surface area contributed by atoms with Crippen molar-refractivity contribution < 1.29 is 70.9 Å². The molecule has 0 saturated carbocycles. The average Bonchev–Trinajstić information content (AvgIpc) is 2.57. The fourth-order valence-electron chi connectivity index (χ4n) is 0. The first-order chi connectivity index (χ1) is 12.0. The lowest BCUT2D eigenvalue weighted by Crippen LogP contribution is -2.08. The van der Waals surface area contributed by atoms with E-state index in [1.807, 2.05) is 0 Å². The van der Waals surface area contributed by atoms with Gasteiger partial charge in [-0.05, 0) is 18.4 Å². The Balaban J connectivity index is -0.00000000632. The van der Waals surface area contributed by atoms with Gasteiger partial charge in [-0.25, -0.2) is 13.2 Å². The molecule has 0 N–H and O–H groups in total. The Bertz CT molecular complexity index is 202. The van der Waals surface area contributed by atoms with E-state index in [0.717, 1.165) is 0 Å². The third-order valence-electron chi connectivity index (χ3n) is 0.564. The first-order valence-corrected chi connectivity index (χ1v) is 6.07. The number of alkyl halides is 14. The molecular weight excluding hydrogens is 613 g/mol. The Kier molecular flexibility index (Phi) is 451. The van der Waals surface area contributed by atoms with E-state index in [1.54, 1.807) is 6.92 Å². The number of hydrogen-bond donors (Lipinski definition) is 0. The predicted molar refractivity (Wildman–Crippen MR) is 168 cm³/mol. The molecule has 0 rings (SSSR count). The molecule has 0 bridgehead atoms. The second kappa shape index (κ2) is 115. The monoisotopic (exact) mass is 693 g/mol. The van der Waals surface area contributed by atoms with Gasteiger partial charge >= 0.3 is 18.5 Å². The van der Waals surface area contributed by atoms with Crippen molar-refractivity contribution in [2.45, 2.75) is 144 Å². The molecule has 0 aromatic carbocycles. The SMILES string of the molecule is C.C.C.C.C.C.C.C.C.C.C.C.C.C.C.CCF.CCOF.CF.FCC(F)(F)F.FCC(F)(F)F.FCC(F)(F)F. The quantitative estimate of drug-likeness (QED) is 0.249. The summed E-state index contributed by atoms with van der Waals surface area (Å²) in [7, 11) is 0.500. The van der Waals surface area contributed by atoms with E-state index in [9.17, 15) is 66.0 Å². The Morgan fingerprint density at radius 2 is 0.429 bits per heavy atom. The van der Waals surface area contributed by atoms with Crippen LogP contribution in [0.2, 0.25) is 0 Å². The zero-order chi connectivity index (χ0) is 23.7. The van der Waals surface area contributed by atoms with Crippen molar-refractivity contribution in [2.75, 3.05) is 40.5 Å². The molecule has 0 unspecified atom stereocenters. The molecule has 294 valence electrons. The van der Waals surface area contributed by atoms with Crippen LogP contribution in [-0.2, 0) is 4.94 Å². The van der Waals surface area contributed by atoms with Gasteiger partial charge in [0.2, 0.25) is 0 Å². The van der Waals surface area contributed by atoms with Crippen molar-refractivity contribution >= 4 is 0 Å². The molecule has 16 heteroatoms. The standard InChI is InChI=1S/3C2H2F4.C2H5FO.C2H5F.CH3F.15CH4/c3*3-1-2(4,5)6;1-2-4-3;1-2-3;1-2;;;;;;;;;;;;;;;/h3*1H2;2H2,1H3;2H2,1H3;1H3;15*1H4. The topological polar surface area (TPSA) is 9.23 Å². The van der Waals surface area contributed by atoms with Crippen molar-refractivity contribution in [3.63, 3.8) is 0 Å². The summed E-state index contributed by atoms with van der Waals surface area (Å²) in [6.45, 7) is -3.74. The largest absolute Gasteiger partial charge is 0.416 e. The van der Waals surface area contributed by atoms with Crippen LogP contribution in [0.3, 0.4) is 0 Å². The van der Waals surface area contributed by atoms with E-state index >= 15 is 0 Å². The van der Waals surface area contributed by atoms with E-state index in [4.69, 9.17) is 0 Å². The summed E-state index contributed by atoms with van der Waals surface area (Å²) in [5.74, 6) is 0. The minimum Gasteiger partial charge on any atom is -0.255 e. The van der Waals surface area contributed by atoms with Gasteiger partial charge in [0.1, 0.15) is 0 Å². The van der Waals surface area contributed by atoms with Crippen LogP contribution in [0, 0.1) is 0 Å². The molecule has 42 heavy (non-hydrogen) atoms. The van der Waals surface area contributed by atoms with Crippen molar-refractivity contribution in [1.82, 2.24) is 0 Å².